The van der Waals surface area contributed by atoms with Gasteiger partial charge in [-0.2, -0.15) is 0 Å². The van der Waals surface area contributed by atoms with Gasteiger partial charge in [0.05, 0.1) is 19.1 Å². The van der Waals surface area contributed by atoms with Crippen molar-refractivity contribution in [3.8, 4) is 5.75 Å². The molecule has 1 atom stereocenters. The minimum Gasteiger partial charge on any atom is -0.497 e. The smallest absolute Gasteiger partial charge is 0.306 e. The lowest BCUT2D eigenvalue weighted by molar-refractivity contribution is -0.143. The first-order valence-corrected chi connectivity index (χ1v) is 9.13. The number of aliphatic carboxylic acids is 1. The van der Waals surface area contributed by atoms with E-state index in [4.69, 9.17) is 4.74 Å². The van der Waals surface area contributed by atoms with Crippen molar-refractivity contribution in [2.24, 2.45) is 5.92 Å². The van der Waals surface area contributed by atoms with Crippen LogP contribution in [-0.4, -0.2) is 36.2 Å². The van der Waals surface area contributed by atoms with Crippen molar-refractivity contribution in [2.45, 2.75) is 25.8 Å². The van der Waals surface area contributed by atoms with E-state index in [-0.39, 0.29) is 12.0 Å². The van der Waals surface area contributed by atoms with E-state index < -0.39 is 5.97 Å². The SMILES string of the molecule is COc1cccc(C(c2sccc2C)N2CCC(C(=O)O)CC2)c1. The van der Waals surface area contributed by atoms with E-state index in [0.29, 0.717) is 12.8 Å². The molecular formula is C19H23NO3S. The van der Waals surface area contributed by atoms with Gasteiger partial charge >= 0.3 is 5.97 Å². The van der Waals surface area contributed by atoms with Crippen LogP contribution in [-0.2, 0) is 4.79 Å². The zero-order valence-corrected chi connectivity index (χ0v) is 14.9. The zero-order valence-electron chi connectivity index (χ0n) is 14.1. The highest BCUT2D eigenvalue weighted by Crippen LogP contribution is 2.37. The van der Waals surface area contributed by atoms with Crippen LogP contribution >= 0.6 is 11.3 Å². The largest absolute Gasteiger partial charge is 0.497 e. The highest BCUT2D eigenvalue weighted by molar-refractivity contribution is 7.10. The van der Waals surface area contributed by atoms with Crippen molar-refractivity contribution in [1.82, 2.24) is 4.90 Å². The van der Waals surface area contributed by atoms with Gasteiger partial charge in [-0.25, -0.2) is 0 Å². The quantitative estimate of drug-likeness (QED) is 0.891. The van der Waals surface area contributed by atoms with Crippen molar-refractivity contribution in [1.29, 1.82) is 0 Å². The fourth-order valence-corrected chi connectivity index (χ4v) is 4.50. The molecule has 1 fully saturated rings. The first-order chi connectivity index (χ1) is 11.6. The number of carboxylic acid groups (broad SMARTS) is 1. The molecule has 0 amide bonds. The van der Waals surface area contributed by atoms with E-state index in [1.807, 2.05) is 12.1 Å². The fraction of sp³-hybridized carbons (Fsp3) is 0.421. The molecule has 4 nitrogen and oxygen atoms in total. The summed E-state index contributed by atoms with van der Waals surface area (Å²) in [4.78, 5) is 15.0. The van der Waals surface area contributed by atoms with Crippen LogP contribution in [0.2, 0.25) is 0 Å². The topological polar surface area (TPSA) is 49.8 Å². The highest BCUT2D eigenvalue weighted by atomic mass is 32.1. The summed E-state index contributed by atoms with van der Waals surface area (Å²) < 4.78 is 5.40. The molecule has 2 heterocycles. The summed E-state index contributed by atoms with van der Waals surface area (Å²) in [7, 11) is 1.68. The second-order valence-electron chi connectivity index (χ2n) is 6.30. The monoisotopic (exact) mass is 345 g/mol. The molecule has 24 heavy (non-hydrogen) atoms. The minimum atomic E-state index is -0.667. The number of hydrogen-bond acceptors (Lipinski definition) is 4. The van der Waals surface area contributed by atoms with Crippen LogP contribution in [0.25, 0.3) is 0 Å². The van der Waals surface area contributed by atoms with Crippen LogP contribution in [0.5, 0.6) is 5.75 Å². The first kappa shape index (κ1) is 17.0. The van der Waals surface area contributed by atoms with Gasteiger partial charge in [0.2, 0.25) is 0 Å². The van der Waals surface area contributed by atoms with Crippen molar-refractivity contribution in [3.05, 3.63) is 51.7 Å². The summed E-state index contributed by atoms with van der Waals surface area (Å²) in [5.41, 5.74) is 2.49. The Hall–Kier alpha value is -1.85. The first-order valence-electron chi connectivity index (χ1n) is 8.25. The van der Waals surface area contributed by atoms with Gasteiger partial charge < -0.3 is 9.84 Å². The van der Waals surface area contributed by atoms with Crippen molar-refractivity contribution < 1.29 is 14.6 Å². The molecule has 1 aliphatic rings. The molecule has 0 saturated carbocycles. The minimum absolute atomic E-state index is 0.162. The molecule has 128 valence electrons. The number of aryl methyl sites for hydroxylation is 1. The number of nitrogens with zero attached hydrogens (tertiary/aromatic N) is 1. The average molecular weight is 345 g/mol. The maximum absolute atomic E-state index is 11.2. The van der Waals surface area contributed by atoms with Gasteiger partial charge in [-0.3, -0.25) is 9.69 Å². The Morgan fingerprint density at radius 3 is 2.67 bits per heavy atom. The predicted octanol–water partition coefficient (Wildman–Crippen LogP) is 3.95. The van der Waals surface area contributed by atoms with Crippen LogP contribution in [0, 0.1) is 12.8 Å². The van der Waals surface area contributed by atoms with Gasteiger partial charge in [0.15, 0.2) is 0 Å². The third-order valence-corrected chi connectivity index (χ3v) is 5.87. The van der Waals surface area contributed by atoms with Crippen LogP contribution in [0.4, 0.5) is 0 Å². The van der Waals surface area contributed by atoms with E-state index in [0.717, 1.165) is 18.8 Å². The molecule has 1 saturated heterocycles. The molecule has 1 aromatic heterocycles. The second kappa shape index (κ2) is 7.36. The molecule has 1 unspecified atom stereocenters. The molecule has 0 bridgehead atoms. The number of benzene rings is 1. The maximum atomic E-state index is 11.2. The molecule has 1 N–H and O–H groups in total. The van der Waals surface area contributed by atoms with Gasteiger partial charge in [0, 0.05) is 4.88 Å². The Morgan fingerprint density at radius 2 is 2.08 bits per heavy atom. The summed E-state index contributed by atoms with van der Waals surface area (Å²) in [6.45, 7) is 3.75. The van der Waals surface area contributed by atoms with Crippen LogP contribution in [0.3, 0.4) is 0 Å². The molecule has 3 rings (SSSR count). The lowest BCUT2D eigenvalue weighted by atomic mass is 9.93. The Labute approximate surface area is 146 Å². The molecule has 1 aromatic carbocycles. The number of thiophene rings is 1. The summed E-state index contributed by atoms with van der Waals surface area (Å²) in [6, 6.07) is 10.5. The van der Waals surface area contributed by atoms with E-state index in [9.17, 15) is 9.90 Å². The van der Waals surface area contributed by atoms with Crippen LogP contribution in [0.15, 0.2) is 35.7 Å². The van der Waals surface area contributed by atoms with E-state index >= 15 is 0 Å². The lowest BCUT2D eigenvalue weighted by Crippen LogP contribution is -2.39. The van der Waals surface area contributed by atoms with E-state index in [1.54, 1.807) is 18.4 Å². The molecule has 0 aliphatic carbocycles. The molecule has 0 spiro atoms. The van der Waals surface area contributed by atoms with Gasteiger partial charge in [-0.1, -0.05) is 12.1 Å². The molecule has 0 radical (unpaired) electrons. The summed E-state index contributed by atoms with van der Waals surface area (Å²) in [5, 5.41) is 11.4. The van der Waals surface area contributed by atoms with E-state index in [1.165, 1.54) is 16.0 Å². The molecule has 2 aromatic rings. The van der Waals surface area contributed by atoms with Gasteiger partial charge in [-0.15, -0.1) is 11.3 Å². The molecule has 5 heteroatoms. The fourth-order valence-electron chi connectivity index (χ4n) is 3.41. The maximum Gasteiger partial charge on any atom is 0.306 e. The number of rotatable bonds is 5. The van der Waals surface area contributed by atoms with Gasteiger partial charge in [0.25, 0.3) is 0 Å². The molecule has 1 aliphatic heterocycles. The van der Waals surface area contributed by atoms with E-state index in [2.05, 4.69) is 35.4 Å². The number of hydrogen-bond donors (Lipinski definition) is 1. The van der Waals surface area contributed by atoms with Crippen molar-refractivity contribution >= 4 is 17.3 Å². The number of carbonyl (C=O) groups is 1. The molecular weight excluding hydrogens is 322 g/mol. The van der Waals surface area contributed by atoms with Crippen LogP contribution < -0.4 is 4.74 Å². The summed E-state index contributed by atoms with van der Waals surface area (Å²) in [5.74, 6) is -0.0244. The summed E-state index contributed by atoms with van der Waals surface area (Å²) in [6.07, 6.45) is 1.42. The Balaban J connectivity index is 1.92. The normalized spacial score (nSPS) is 17.6. The van der Waals surface area contributed by atoms with Crippen molar-refractivity contribution in [2.75, 3.05) is 20.2 Å². The number of methoxy groups -OCH3 is 1. The third-order valence-electron chi connectivity index (χ3n) is 4.80. The average Bonchev–Trinajstić information content (AvgIpc) is 3.02. The lowest BCUT2D eigenvalue weighted by Gasteiger charge is -2.37. The number of ether oxygens (including phenoxy) is 1. The van der Waals surface area contributed by atoms with Gasteiger partial charge in [0.1, 0.15) is 5.75 Å². The Bertz CT molecular complexity index is 704. The zero-order chi connectivity index (χ0) is 17.1. The highest BCUT2D eigenvalue weighted by Gasteiger charge is 2.31. The number of piperidine rings is 1. The van der Waals surface area contributed by atoms with Crippen molar-refractivity contribution in [3.63, 3.8) is 0 Å². The van der Waals surface area contributed by atoms with Crippen LogP contribution in [0.1, 0.15) is 34.9 Å². The Kier molecular flexibility index (Phi) is 5.21. The third kappa shape index (κ3) is 3.47. The summed E-state index contributed by atoms with van der Waals surface area (Å²) >= 11 is 1.77. The van der Waals surface area contributed by atoms with Gasteiger partial charge in [-0.05, 0) is 67.6 Å². The Morgan fingerprint density at radius 1 is 1.33 bits per heavy atom. The standard InChI is InChI=1S/C19H23NO3S/c1-13-8-11-24-18(13)17(15-4-3-5-16(12-15)23-2)20-9-6-14(7-10-20)19(21)22/h3-5,8,11-12,14,17H,6-7,9-10H2,1-2H3,(H,21,22). The second-order valence-corrected chi connectivity index (χ2v) is 7.24. The predicted molar refractivity (Wildman–Crippen MR) is 95.8 cm³/mol. The number of carboxylic acids is 1. The number of likely N-dealkylation sites (tertiary alicyclic amines) is 1.